The van der Waals surface area contributed by atoms with Crippen LogP contribution in [0.25, 0.3) is 76.9 Å². The maximum Gasteiger partial charge on any atom is 0.159 e. The van der Waals surface area contributed by atoms with Gasteiger partial charge in [0.1, 0.15) is 5.58 Å². The van der Waals surface area contributed by atoms with Crippen LogP contribution >= 0.6 is 11.6 Å². The molecule has 0 aliphatic carbocycles. The van der Waals surface area contributed by atoms with E-state index in [0.29, 0.717) is 27.5 Å². The Labute approximate surface area is 411 Å². The van der Waals surface area contributed by atoms with Gasteiger partial charge in [-0.3, -0.25) is 0 Å². The molecule has 7 heteroatoms. The van der Waals surface area contributed by atoms with Crippen molar-refractivity contribution in [3.63, 3.8) is 0 Å². The minimum absolute atomic E-state index is 0.0281. The number of aromatic nitrogens is 2. The maximum absolute atomic E-state index is 11.0. The van der Waals surface area contributed by atoms with Gasteiger partial charge in [-0.1, -0.05) is 144 Å². The molecule has 0 atom stereocenters. The Balaban J connectivity index is 1.08. The lowest BCUT2D eigenvalue weighted by Crippen LogP contribution is -2.19. The number of para-hydroxylation sites is 6. The molecular weight excluding hydrogens is 878 g/mol. The molecule has 0 radical (unpaired) electrons. The third-order valence-electron chi connectivity index (χ3n) is 14.4. The van der Waals surface area contributed by atoms with Gasteiger partial charge in [0, 0.05) is 43.7 Å². The van der Waals surface area contributed by atoms with Gasteiger partial charge < -0.3 is 23.4 Å². The van der Waals surface area contributed by atoms with Crippen molar-refractivity contribution in [2.24, 2.45) is 0 Å². The van der Waals surface area contributed by atoms with E-state index in [0.717, 1.165) is 77.9 Å². The summed E-state index contributed by atoms with van der Waals surface area (Å²) in [6, 6.07) is 66.8. The van der Waals surface area contributed by atoms with Gasteiger partial charge in [0.25, 0.3) is 0 Å². The van der Waals surface area contributed by atoms with Gasteiger partial charge in [-0.2, -0.15) is 5.26 Å². The summed E-state index contributed by atoms with van der Waals surface area (Å²) in [4.78, 5) is 4.41. The summed E-state index contributed by atoms with van der Waals surface area (Å²) in [6.45, 7) is 13.6. The average Bonchev–Trinajstić information content (AvgIpc) is 4.03. The lowest BCUT2D eigenvalue weighted by Gasteiger charge is -2.35. The van der Waals surface area contributed by atoms with Crippen molar-refractivity contribution >= 4 is 111 Å². The fourth-order valence-corrected chi connectivity index (χ4v) is 11.2. The zero-order chi connectivity index (χ0) is 47.8. The lowest BCUT2D eigenvalue weighted by molar-refractivity contribution is 0.590. The quantitative estimate of drug-likeness (QED) is 0.173. The molecule has 9 aromatic carbocycles. The molecule has 0 saturated heterocycles. The molecule has 70 heavy (non-hydrogen) atoms. The first-order valence-electron chi connectivity index (χ1n) is 23.9. The summed E-state index contributed by atoms with van der Waals surface area (Å²) in [5, 5.41) is 18.3. The number of anilines is 6. The van der Waals surface area contributed by atoms with Gasteiger partial charge in [-0.15, -0.1) is 0 Å². The van der Waals surface area contributed by atoms with Crippen LogP contribution in [0.2, 0.25) is 5.02 Å². The average molecular weight is 927 g/mol. The predicted molar refractivity (Wildman–Crippen MR) is 292 cm³/mol. The van der Waals surface area contributed by atoms with Crippen molar-refractivity contribution in [2.45, 2.75) is 52.4 Å². The van der Waals surface area contributed by atoms with Crippen molar-refractivity contribution in [3.05, 3.63) is 204 Å². The SMILES string of the molecule is CC(C)(C)c1ccc2c(c1)c1cc(C(C)(C)C)ccc1n2-c1cccc(N(c2cc(C#N)cc(N3c4ccccc4-n4c5ccccc5c5cccc3c54)c2Cl)c2cccc3c2oc2ccccc23)c1. The highest BCUT2D eigenvalue weighted by molar-refractivity contribution is 6.37. The Morgan fingerprint density at radius 1 is 0.486 bits per heavy atom. The molecule has 1 aliphatic rings. The number of halogens is 1. The Bertz CT molecular complexity index is 4130. The summed E-state index contributed by atoms with van der Waals surface area (Å²) in [6.07, 6.45) is 0. The van der Waals surface area contributed by atoms with E-state index in [2.05, 4.69) is 218 Å². The Morgan fingerprint density at radius 2 is 1.09 bits per heavy atom. The number of nitrogens with zero attached hydrogens (tertiary/aromatic N) is 5. The van der Waals surface area contributed by atoms with Gasteiger partial charge in [-0.05, 0) is 113 Å². The molecule has 0 amide bonds. The van der Waals surface area contributed by atoms with Crippen LogP contribution in [0.1, 0.15) is 58.2 Å². The molecule has 4 heterocycles. The van der Waals surface area contributed by atoms with Crippen LogP contribution in [0.15, 0.2) is 186 Å². The van der Waals surface area contributed by atoms with Crippen LogP contribution in [0.3, 0.4) is 0 Å². The van der Waals surface area contributed by atoms with Crippen LogP contribution in [0, 0.1) is 11.3 Å². The van der Waals surface area contributed by atoms with E-state index in [-0.39, 0.29) is 10.8 Å². The first-order chi connectivity index (χ1) is 33.9. The number of nitriles is 1. The molecule has 3 aromatic heterocycles. The minimum atomic E-state index is -0.0281. The lowest BCUT2D eigenvalue weighted by atomic mass is 9.85. The number of rotatable bonds is 5. The largest absolute Gasteiger partial charge is 0.454 e. The second kappa shape index (κ2) is 15.1. The zero-order valence-electron chi connectivity index (χ0n) is 39.8. The van der Waals surface area contributed by atoms with Crippen LogP contribution in [-0.4, -0.2) is 9.13 Å². The molecule has 0 bridgehead atoms. The summed E-state index contributed by atoms with van der Waals surface area (Å²) in [5.74, 6) is 0. The first kappa shape index (κ1) is 41.9. The van der Waals surface area contributed by atoms with Crippen LogP contribution < -0.4 is 9.80 Å². The normalized spacial score (nSPS) is 12.7. The van der Waals surface area contributed by atoms with Gasteiger partial charge >= 0.3 is 0 Å². The van der Waals surface area contributed by atoms with Gasteiger partial charge in [-0.25, -0.2) is 0 Å². The summed E-state index contributed by atoms with van der Waals surface area (Å²) in [7, 11) is 0. The monoisotopic (exact) mass is 925 g/mol. The van der Waals surface area contributed by atoms with E-state index in [1.165, 1.54) is 27.3 Å². The van der Waals surface area contributed by atoms with E-state index in [1.54, 1.807) is 0 Å². The third-order valence-corrected chi connectivity index (χ3v) is 14.8. The molecule has 0 spiro atoms. The fourth-order valence-electron chi connectivity index (χ4n) is 11.0. The topological polar surface area (TPSA) is 53.3 Å². The van der Waals surface area contributed by atoms with E-state index >= 15 is 0 Å². The first-order valence-corrected chi connectivity index (χ1v) is 24.3. The van der Waals surface area contributed by atoms with E-state index < -0.39 is 0 Å². The Morgan fingerprint density at radius 3 is 1.81 bits per heavy atom. The minimum Gasteiger partial charge on any atom is -0.454 e. The van der Waals surface area contributed by atoms with Crippen molar-refractivity contribution in [2.75, 3.05) is 9.80 Å². The van der Waals surface area contributed by atoms with Crippen LogP contribution in [0.4, 0.5) is 34.1 Å². The van der Waals surface area contributed by atoms with Gasteiger partial charge in [0.15, 0.2) is 5.58 Å². The molecule has 0 saturated carbocycles. The fraction of sp³-hybridized carbons (Fsp3) is 0.127. The highest BCUT2D eigenvalue weighted by Gasteiger charge is 2.32. The molecule has 0 unspecified atom stereocenters. The maximum atomic E-state index is 11.0. The number of benzene rings is 9. The molecule has 0 fully saturated rings. The smallest absolute Gasteiger partial charge is 0.159 e. The van der Waals surface area contributed by atoms with Crippen molar-refractivity contribution < 1.29 is 4.42 Å². The summed E-state index contributed by atoms with van der Waals surface area (Å²) < 4.78 is 11.6. The second-order valence-electron chi connectivity index (χ2n) is 20.7. The molecule has 13 rings (SSSR count). The van der Waals surface area contributed by atoms with E-state index in [1.807, 2.05) is 30.3 Å². The molecular formula is C63H48ClN5O. The number of fused-ring (bicyclic) bond motifs is 11. The van der Waals surface area contributed by atoms with Crippen LogP contribution in [-0.2, 0) is 10.8 Å². The van der Waals surface area contributed by atoms with Crippen molar-refractivity contribution in [1.29, 1.82) is 5.26 Å². The number of hydrogen-bond donors (Lipinski definition) is 0. The highest BCUT2D eigenvalue weighted by atomic mass is 35.5. The molecule has 1 aliphatic heterocycles. The molecule has 338 valence electrons. The molecule has 0 N–H and O–H groups in total. The van der Waals surface area contributed by atoms with E-state index in [9.17, 15) is 5.26 Å². The van der Waals surface area contributed by atoms with E-state index in [4.69, 9.17) is 16.0 Å². The Hall–Kier alpha value is -8.24. The summed E-state index contributed by atoms with van der Waals surface area (Å²) >= 11 is 8.07. The summed E-state index contributed by atoms with van der Waals surface area (Å²) in [5.41, 5.74) is 15.9. The third kappa shape index (κ3) is 6.18. The highest BCUT2D eigenvalue weighted by Crippen LogP contribution is 2.54. The standard InChI is InChI=1S/C63H48ClN5O/c1-62(2,3)39-28-30-50-47(34-39)48-35-40(63(4,5)6)29-31-51(48)66(50)41-16-13-17-42(36-41)67(55-26-15-21-46-44-19-8-12-27-58(44)70-61(46)55)56-32-38(37-65)33-57(59(56)64)68-52-23-10-11-24-53(52)69-49-22-9-7-18-43(49)45-20-14-25-54(68)60(45)69/h7-36H,1-6H3. The Kier molecular flexibility index (Phi) is 9.06. The second-order valence-corrected chi connectivity index (χ2v) is 21.1. The number of hydrogen-bond acceptors (Lipinski definition) is 4. The molecule has 12 aromatic rings. The van der Waals surface area contributed by atoms with Gasteiger partial charge in [0.05, 0.1) is 72.8 Å². The van der Waals surface area contributed by atoms with Crippen molar-refractivity contribution in [3.8, 4) is 17.4 Å². The van der Waals surface area contributed by atoms with Crippen LogP contribution in [0.5, 0.6) is 0 Å². The number of furan rings is 1. The van der Waals surface area contributed by atoms with Gasteiger partial charge in [0.2, 0.25) is 0 Å². The van der Waals surface area contributed by atoms with Crippen molar-refractivity contribution in [1.82, 2.24) is 9.13 Å². The zero-order valence-corrected chi connectivity index (χ0v) is 40.6. The molecule has 6 nitrogen and oxygen atoms in total. The predicted octanol–water partition coefficient (Wildman–Crippen LogP) is 18.2.